The number of aromatic nitrogens is 1. The van der Waals surface area contributed by atoms with Crippen molar-refractivity contribution < 1.29 is 9.52 Å². The summed E-state index contributed by atoms with van der Waals surface area (Å²) < 4.78 is 5.28. The summed E-state index contributed by atoms with van der Waals surface area (Å²) in [5.41, 5.74) is 2.56. The normalized spacial score (nSPS) is 12.4. The topological polar surface area (TPSA) is 66.2 Å². The van der Waals surface area contributed by atoms with Gasteiger partial charge in [0, 0.05) is 29.1 Å². The number of aromatic amines is 1. The number of para-hydroxylation sites is 1. The molecule has 0 radical (unpaired) electrons. The Morgan fingerprint density at radius 3 is 2.52 bits per heavy atom. The van der Waals surface area contributed by atoms with Gasteiger partial charge in [-0.15, -0.1) is 0 Å². The molecule has 0 aliphatic carbocycles. The van der Waals surface area contributed by atoms with Crippen LogP contribution in [0.5, 0.6) is 5.75 Å². The van der Waals surface area contributed by atoms with Crippen LogP contribution < -0.4 is 5.63 Å². The summed E-state index contributed by atoms with van der Waals surface area (Å²) in [5.74, 6) is -0.0842. The van der Waals surface area contributed by atoms with Crippen LogP contribution in [0.3, 0.4) is 0 Å². The lowest BCUT2D eigenvalue weighted by atomic mass is 9.85. The molecule has 124 valence electrons. The molecular formula is C21H17NO3. The molecule has 0 fully saturated rings. The molecule has 4 rings (SSSR count). The highest BCUT2D eigenvalue weighted by molar-refractivity contribution is 5.85. The number of hydrogen-bond donors (Lipinski definition) is 2. The molecule has 0 saturated carbocycles. The van der Waals surface area contributed by atoms with Crippen molar-refractivity contribution in [3.8, 4) is 5.75 Å². The van der Waals surface area contributed by atoms with E-state index in [4.69, 9.17) is 4.42 Å². The van der Waals surface area contributed by atoms with E-state index in [9.17, 15) is 9.90 Å². The number of fused-ring (bicyclic) bond motifs is 1. The highest BCUT2D eigenvalue weighted by Gasteiger charge is 2.26. The predicted octanol–water partition coefficient (Wildman–Crippen LogP) is 4.32. The molecular weight excluding hydrogens is 314 g/mol. The number of benzene rings is 2. The SMILES string of the molecule is Cc1cc(O)c(C(c2ccccc2)c2c[nH]c3ccccc23)c(=O)o1. The van der Waals surface area contributed by atoms with Crippen molar-refractivity contribution in [1.29, 1.82) is 0 Å². The van der Waals surface area contributed by atoms with Crippen LogP contribution in [0.2, 0.25) is 0 Å². The third-order valence-electron chi connectivity index (χ3n) is 4.44. The molecule has 4 nitrogen and oxygen atoms in total. The summed E-state index contributed by atoms with van der Waals surface area (Å²) in [6.07, 6.45) is 1.89. The molecule has 0 bridgehead atoms. The fraction of sp³-hybridized carbons (Fsp3) is 0.0952. The summed E-state index contributed by atoms with van der Waals surface area (Å²) in [7, 11) is 0. The molecule has 2 heterocycles. The molecule has 0 amide bonds. The first-order valence-electron chi connectivity index (χ1n) is 8.09. The van der Waals surface area contributed by atoms with Gasteiger partial charge in [-0.05, 0) is 24.1 Å². The lowest BCUT2D eigenvalue weighted by molar-refractivity contribution is 0.421. The van der Waals surface area contributed by atoms with Gasteiger partial charge in [0.1, 0.15) is 11.5 Å². The van der Waals surface area contributed by atoms with E-state index >= 15 is 0 Å². The Morgan fingerprint density at radius 1 is 1.04 bits per heavy atom. The van der Waals surface area contributed by atoms with Gasteiger partial charge < -0.3 is 14.5 Å². The molecule has 0 spiro atoms. The van der Waals surface area contributed by atoms with Crippen molar-refractivity contribution >= 4 is 10.9 Å². The van der Waals surface area contributed by atoms with E-state index in [0.29, 0.717) is 5.76 Å². The average Bonchev–Trinajstić information content (AvgIpc) is 3.02. The molecule has 1 unspecified atom stereocenters. The Hall–Kier alpha value is -3.27. The maximum Gasteiger partial charge on any atom is 0.343 e. The molecule has 1 atom stereocenters. The Labute approximate surface area is 144 Å². The molecule has 2 aromatic carbocycles. The monoisotopic (exact) mass is 331 g/mol. The van der Waals surface area contributed by atoms with Gasteiger partial charge in [-0.1, -0.05) is 48.5 Å². The number of aromatic hydroxyl groups is 1. The highest BCUT2D eigenvalue weighted by atomic mass is 16.4. The van der Waals surface area contributed by atoms with Crippen LogP contribution in [0, 0.1) is 6.92 Å². The summed E-state index contributed by atoms with van der Waals surface area (Å²) in [6.45, 7) is 1.65. The van der Waals surface area contributed by atoms with Crippen molar-refractivity contribution in [2.24, 2.45) is 0 Å². The van der Waals surface area contributed by atoms with Crippen LogP contribution >= 0.6 is 0 Å². The lowest BCUT2D eigenvalue weighted by Gasteiger charge is -2.18. The predicted molar refractivity (Wildman–Crippen MR) is 97.1 cm³/mol. The zero-order chi connectivity index (χ0) is 17.4. The van der Waals surface area contributed by atoms with Crippen LogP contribution in [0.1, 0.15) is 28.4 Å². The molecule has 0 aliphatic heterocycles. The van der Waals surface area contributed by atoms with Gasteiger partial charge in [0.05, 0.1) is 5.56 Å². The van der Waals surface area contributed by atoms with E-state index in [0.717, 1.165) is 22.0 Å². The van der Waals surface area contributed by atoms with Crippen molar-refractivity contribution in [3.05, 3.63) is 99.7 Å². The number of rotatable bonds is 3. The van der Waals surface area contributed by atoms with Gasteiger partial charge in [-0.2, -0.15) is 0 Å². The maximum atomic E-state index is 12.6. The lowest BCUT2D eigenvalue weighted by Crippen LogP contribution is -2.15. The van der Waals surface area contributed by atoms with Gasteiger partial charge in [0.25, 0.3) is 0 Å². The van der Waals surface area contributed by atoms with Crippen molar-refractivity contribution in [1.82, 2.24) is 4.98 Å². The molecule has 4 heteroatoms. The van der Waals surface area contributed by atoms with E-state index < -0.39 is 11.5 Å². The summed E-state index contributed by atoms with van der Waals surface area (Å²) in [6, 6.07) is 19.1. The first-order chi connectivity index (χ1) is 12.1. The van der Waals surface area contributed by atoms with E-state index in [1.807, 2.05) is 60.8 Å². The number of hydrogen-bond acceptors (Lipinski definition) is 3. The third kappa shape index (κ3) is 2.62. The quantitative estimate of drug-likeness (QED) is 0.588. The van der Waals surface area contributed by atoms with Crippen LogP contribution in [0.15, 0.2) is 76.1 Å². The molecule has 0 aliphatic rings. The molecule has 0 saturated heterocycles. The highest BCUT2D eigenvalue weighted by Crippen LogP contribution is 2.38. The van der Waals surface area contributed by atoms with Gasteiger partial charge in [-0.25, -0.2) is 4.79 Å². The smallest absolute Gasteiger partial charge is 0.343 e. The van der Waals surface area contributed by atoms with Gasteiger partial charge in [-0.3, -0.25) is 0 Å². The molecule has 4 aromatic rings. The molecule has 25 heavy (non-hydrogen) atoms. The van der Waals surface area contributed by atoms with Crippen molar-refractivity contribution in [2.75, 3.05) is 0 Å². The summed E-state index contributed by atoms with van der Waals surface area (Å²) in [4.78, 5) is 15.8. The zero-order valence-electron chi connectivity index (χ0n) is 13.7. The van der Waals surface area contributed by atoms with Gasteiger partial charge >= 0.3 is 5.63 Å². The van der Waals surface area contributed by atoms with E-state index in [1.165, 1.54) is 6.07 Å². The first kappa shape index (κ1) is 15.3. The second kappa shape index (κ2) is 5.98. The van der Waals surface area contributed by atoms with Gasteiger partial charge in [0.15, 0.2) is 0 Å². The Balaban J connectivity index is 2.04. The zero-order valence-corrected chi connectivity index (χ0v) is 13.7. The second-order valence-corrected chi connectivity index (χ2v) is 6.08. The van der Waals surface area contributed by atoms with Crippen LogP contribution in [-0.2, 0) is 0 Å². The maximum absolute atomic E-state index is 12.6. The average molecular weight is 331 g/mol. The molecule has 2 N–H and O–H groups in total. The fourth-order valence-electron chi connectivity index (χ4n) is 3.35. The van der Waals surface area contributed by atoms with Crippen LogP contribution in [0.25, 0.3) is 10.9 Å². The van der Waals surface area contributed by atoms with Crippen molar-refractivity contribution in [3.63, 3.8) is 0 Å². The third-order valence-corrected chi connectivity index (χ3v) is 4.44. The largest absolute Gasteiger partial charge is 0.507 e. The van der Waals surface area contributed by atoms with Crippen molar-refractivity contribution in [2.45, 2.75) is 12.8 Å². The minimum Gasteiger partial charge on any atom is -0.507 e. The molecule has 2 aromatic heterocycles. The Morgan fingerprint density at radius 2 is 1.76 bits per heavy atom. The van der Waals surface area contributed by atoms with E-state index in [2.05, 4.69) is 4.98 Å². The minimum absolute atomic E-state index is 0.0483. The second-order valence-electron chi connectivity index (χ2n) is 6.08. The first-order valence-corrected chi connectivity index (χ1v) is 8.09. The minimum atomic E-state index is -0.517. The summed E-state index contributed by atoms with van der Waals surface area (Å²) in [5, 5.41) is 11.5. The number of nitrogens with one attached hydrogen (secondary N) is 1. The standard InChI is InChI=1S/C21H17NO3/c1-13-11-18(23)20(21(24)25-13)19(14-7-3-2-4-8-14)16-12-22-17-10-6-5-9-15(16)17/h2-12,19,22-23H,1H3. The number of H-pyrrole nitrogens is 1. The Bertz CT molecular complexity index is 1090. The number of aryl methyl sites for hydroxylation is 1. The van der Waals surface area contributed by atoms with Crippen LogP contribution in [0.4, 0.5) is 0 Å². The van der Waals surface area contributed by atoms with E-state index in [-0.39, 0.29) is 11.3 Å². The summed E-state index contributed by atoms with van der Waals surface area (Å²) >= 11 is 0. The van der Waals surface area contributed by atoms with Crippen LogP contribution in [-0.4, -0.2) is 10.1 Å². The Kier molecular flexibility index (Phi) is 3.65. The van der Waals surface area contributed by atoms with Gasteiger partial charge in [0.2, 0.25) is 0 Å². The fourth-order valence-corrected chi connectivity index (χ4v) is 3.35. The van der Waals surface area contributed by atoms with E-state index in [1.54, 1.807) is 6.92 Å².